The molecule has 0 saturated carbocycles. The fourth-order valence-corrected chi connectivity index (χ4v) is 1.02. The summed E-state index contributed by atoms with van der Waals surface area (Å²) in [5.41, 5.74) is 0. The quantitative estimate of drug-likeness (QED) is 0.764. The topological polar surface area (TPSA) is 62.2 Å². The van der Waals surface area contributed by atoms with Gasteiger partial charge in [-0.1, -0.05) is 6.07 Å². The molecule has 1 aromatic heterocycles. The molecule has 1 heterocycles. The van der Waals surface area contributed by atoms with E-state index in [2.05, 4.69) is 10.3 Å². The SMILES string of the molecule is C[C@H](Nc1ccccn1)[C@H](C)C(=O)O. The van der Waals surface area contributed by atoms with Crippen molar-refractivity contribution < 1.29 is 9.90 Å². The predicted molar refractivity (Wildman–Crippen MR) is 54.1 cm³/mol. The lowest BCUT2D eigenvalue weighted by atomic mass is 10.0. The highest BCUT2D eigenvalue weighted by atomic mass is 16.4. The van der Waals surface area contributed by atoms with Crippen molar-refractivity contribution in [1.82, 2.24) is 4.98 Å². The normalized spacial score (nSPS) is 14.4. The average Bonchev–Trinajstić information content (AvgIpc) is 2.18. The first-order valence-corrected chi connectivity index (χ1v) is 4.51. The Kier molecular flexibility index (Phi) is 3.45. The molecule has 0 spiro atoms. The molecule has 14 heavy (non-hydrogen) atoms. The first-order chi connectivity index (χ1) is 6.61. The Morgan fingerprint density at radius 2 is 2.21 bits per heavy atom. The third kappa shape index (κ3) is 2.73. The minimum Gasteiger partial charge on any atom is -0.481 e. The van der Waals surface area contributed by atoms with E-state index in [-0.39, 0.29) is 6.04 Å². The summed E-state index contributed by atoms with van der Waals surface area (Å²) in [7, 11) is 0. The Balaban J connectivity index is 2.57. The number of anilines is 1. The Hall–Kier alpha value is -1.58. The molecule has 2 atom stereocenters. The van der Waals surface area contributed by atoms with Gasteiger partial charge >= 0.3 is 5.97 Å². The van der Waals surface area contributed by atoms with E-state index in [1.165, 1.54) is 0 Å². The van der Waals surface area contributed by atoms with Gasteiger partial charge in [-0.25, -0.2) is 4.98 Å². The number of pyridine rings is 1. The Bertz CT molecular complexity index is 300. The fourth-order valence-electron chi connectivity index (χ4n) is 1.02. The summed E-state index contributed by atoms with van der Waals surface area (Å²) < 4.78 is 0. The zero-order valence-corrected chi connectivity index (χ0v) is 8.27. The standard InChI is InChI=1S/C10H14N2O2/c1-7(10(13)14)8(2)12-9-5-3-4-6-11-9/h3-8H,1-2H3,(H,11,12)(H,13,14)/t7-,8-/m0/s1. The number of aromatic nitrogens is 1. The Morgan fingerprint density at radius 3 is 2.71 bits per heavy atom. The van der Waals surface area contributed by atoms with Crippen LogP contribution in [0.5, 0.6) is 0 Å². The molecule has 2 N–H and O–H groups in total. The molecule has 0 unspecified atom stereocenters. The first kappa shape index (κ1) is 10.5. The van der Waals surface area contributed by atoms with Gasteiger partial charge in [0, 0.05) is 12.2 Å². The predicted octanol–water partition coefficient (Wildman–Crippen LogP) is 1.60. The highest BCUT2D eigenvalue weighted by Gasteiger charge is 2.18. The van der Waals surface area contributed by atoms with Crippen LogP contribution >= 0.6 is 0 Å². The average molecular weight is 194 g/mol. The summed E-state index contributed by atoms with van der Waals surface area (Å²) in [6.07, 6.45) is 1.67. The number of rotatable bonds is 4. The van der Waals surface area contributed by atoms with Crippen molar-refractivity contribution in [3.63, 3.8) is 0 Å². The highest BCUT2D eigenvalue weighted by Crippen LogP contribution is 2.09. The van der Waals surface area contributed by atoms with Crippen LogP contribution in [0.3, 0.4) is 0 Å². The van der Waals surface area contributed by atoms with E-state index in [1.54, 1.807) is 13.1 Å². The van der Waals surface area contributed by atoms with Crippen LogP contribution in [0.1, 0.15) is 13.8 Å². The minimum atomic E-state index is -0.805. The van der Waals surface area contributed by atoms with Gasteiger partial charge in [0.25, 0.3) is 0 Å². The van der Waals surface area contributed by atoms with Gasteiger partial charge in [-0.05, 0) is 26.0 Å². The number of nitrogens with one attached hydrogen (secondary N) is 1. The molecule has 1 rings (SSSR count). The van der Waals surface area contributed by atoms with Crippen LogP contribution in [-0.4, -0.2) is 22.1 Å². The van der Waals surface area contributed by atoms with Crippen molar-refractivity contribution in [2.24, 2.45) is 5.92 Å². The summed E-state index contributed by atoms with van der Waals surface area (Å²) in [6.45, 7) is 3.50. The van der Waals surface area contributed by atoms with Crippen molar-refractivity contribution in [3.05, 3.63) is 24.4 Å². The molecule has 76 valence electrons. The summed E-state index contributed by atoms with van der Waals surface area (Å²) in [6, 6.07) is 5.34. The number of hydrogen-bond donors (Lipinski definition) is 2. The third-order valence-electron chi connectivity index (χ3n) is 2.18. The lowest BCUT2D eigenvalue weighted by Gasteiger charge is -2.17. The number of aliphatic carboxylic acids is 1. The van der Waals surface area contributed by atoms with E-state index in [0.717, 1.165) is 0 Å². The highest BCUT2D eigenvalue weighted by molar-refractivity contribution is 5.70. The molecule has 0 aliphatic rings. The van der Waals surface area contributed by atoms with Crippen LogP contribution in [-0.2, 0) is 4.79 Å². The van der Waals surface area contributed by atoms with E-state index in [1.807, 2.05) is 25.1 Å². The number of carboxylic acids is 1. The smallest absolute Gasteiger partial charge is 0.308 e. The molecule has 0 bridgehead atoms. The number of nitrogens with zero attached hydrogens (tertiary/aromatic N) is 1. The second kappa shape index (κ2) is 4.60. The van der Waals surface area contributed by atoms with Crippen LogP contribution in [0.2, 0.25) is 0 Å². The second-order valence-corrected chi connectivity index (χ2v) is 3.27. The van der Waals surface area contributed by atoms with Crippen LogP contribution in [0.4, 0.5) is 5.82 Å². The van der Waals surface area contributed by atoms with Crippen LogP contribution in [0.15, 0.2) is 24.4 Å². The monoisotopic (exact) mass is 194 g/mol. The zero-order chi connectivity index (χ0) is 10.6. The molecule has 0 aromatic carbocycles. The molecular weight excluding hydrogens is 180 g/mol. The van der Waals surface area contributed by atoms with Crippen molar-refractivity contribution in [3.8, 4) is 0 Å². The first-order valence-electron chi connectivity index (χ1n) is 4.51. The van der Waals surface area contributed by atoms with E-state index in [4.69, 9.17) is 5.11 Å². The second-order valence-electron chi connectivity index (χ2n) is 3.27. The van der Waals surface area contributed by atoms with Crippen molar-refractivity contribution in [2.45, 2.75) is 19.9 Å². The fraction of sp³-hybridized carbons (Fsp3) is 0.400. The van der Waals surface area contributed by atoms with E-state index in [9.17, 15) is 4.79 Å². The van der Waals surface area contributed by atoms with E-state index in [0.29, 0.717) is 5.82 Å². The maximum atomic E-state index is 10.7. The number of carboxylic acid groups (broad SMARTS) is 1. The van der Waals surface area contributed by atoms with Gasteiger partial charge in [-0.3, -0.25) is 4.79 Å². The van der Waals surface area contributed by atoms with E-state index >= 15 is 0 Å². The summed E-state index contributed by atoms with van der Waals surface area (Å²) in [4.78, 5) is 14.7. The molecular formula is C10H14N2O2. The van der Waals surface area contributed by atoms with Gasteiger partial charge in [0.1, 0.15) is 5.82 Å². The van der Waals surface area contributed by atoms with Crippen LogP contribution in [0, 0.1) is 5.92 Å². The largest absolute Gasteiger partial charge is 0.481 e. The molecule has 0 aliphatic heterocycles. The Morgan fingerprint density at radius 1 is 1.50 bits per heavy atom. The lowest BCUT2D eigenvalue weighted by molar-refractivity contribution is -0.141. The molecule has 0 radical (unpaired) electrons. The Labute approximate surface area is 83.0 Å². The lowest BCUT2D eigenvalue weighted by Crippen LogP contribution is -2.29. The maximum absolute atomic E-state index is 10.7. The van der Waals surface area contributed by atoms with Crippen molar-refractivity contribution >= 4 is 11.8 Å². The summed E-state index contributed by atoms with van der Waals surface area (Å²) in [5, 5.41) is 11.8. The zero-order valence-electron chi connectivity index (χ0n) is 8.27. The van der Waals surface area contributed by atoms with E-state index < -0.39 is 11.9 Å². The molecule has 1 aromatic rings. The molecule has 0 fully saturated rings. The van der Waals surface area contributed by atoms with Gasteiger partial charge in [0.2, 0.25) is 0 Å². The van der Waals surface area contributed by atoms with Gasteiger partial charge in [-0.2, -0.15) is 0 Å². The van der Waals surface area contributed by atoms with Gasteiger partial charge in [-0.15, -0.1) is 0 Å². The van der Waals surface area contributed by atoms with Gasteiger partial charge in [0.05, 0.1) is 5.92 Å². The summed E-state index contributed by atoms with van der Waals surface area (Å²) in [5.74, 6) is -0.536. The van der Waals surface area contributed by atoms with Crippen LogP contribution in [0.25, 0.3) is 0 Å². The molecule has 0 amide bonds. The van der Waals surface area contributed by atoms with Crippen molar-refractivity contribution in [1.29, 1.82) is 0 Å². The number of hydrogen-bond acceptors (Lipinski definition) is 3. The third-order valence-corrected chi connectivity index (χ3v) is 2.18. The minimum absolute atomic E-state index is 0.137. The maximum Gasteiger partial charge on any atom is 0.308 e. The van der Waals surface area contributed by atoms with Crippen LogP contribution < -0.4 is 5.32 Å². The van der Waals surface area contributed by atoms with Gasteiger partial charge in [0.15, 0.2) is 0 Å². The molecule has 4 heteroatoms. The molecule has 4 nitrogen and oxygen atoms in total. The molecule has 0 saturated heterocycles. The van der Waals surface area contributed by atoms with Gasteiger partial charge < -0.3 is 10.4 Å². The van der Waals surface area contributed by atoms with Crippen molar-refractivity contribution in [2.75, 3.05) is 5.32 Å². The molecule has 0 aliphatic carbocycles. The number of carbonyl (C=O) groups is 1. The summed E-state index contributed by atoms with van der Waals surface area (Å²) >= 11 is 0.